The molecule has 4 nitrogen and oxygen atoms in total. The minimum atomic E-state index is -0.269. The van der Waals surface area contributed by atoms with Gasteiger partial charge in [0.25, 0.3) is 0 Å². The van der Waals surface area contributed by atoms with Crippen molar-refractivity contribution in [2.24, 2.45) is 0 Å². The second-order valence-electron chi connectivity index (χ2n) is 5.06. The van der Waals surface area contributed by atoms with Crippen LogP contribution in [-0.4, -0.2) is 49.6 Å². The first kappa shape index (κ1) is 12.6. The third-order valence-electron chi connectivity index (χ3n) is 3.91. The summed E-state index contributed by atoms with van der Waals surface area (Å²) in [6, 6.07) is 6.15. The van der Waals surface area contributed by atoms with Gasteiger partial charge in [0, 0.05) is 38.4 Å². The molecule has 1 atom stereocenters. The zero-order valence-electron chi connectivity index (χ0n) is 10.8. The van der Waals surface area contributed by atoms with Crippen LogP contribution in [0, 0.1) is 5.82 Å². The van der Waals surface area contributed by atoms with Gasteiger partial charge < -0.3 is 10.2 Å². The Balaban J connectivity index is 1.72. The van der Waals surface area contributed by atoms with Crippen molar-refractivity contribution in [3.05, 3.63) is 30.1 Å². The second kappa shape index (κ2) is 5.27. The van der Waals surface area contributed by atoms with Crippen LogP contribution in [0.1, 0.15) is 6.42 Å². The summed E-state index contributed by atoms with van der Waals surface area (Å²) in [5, 5.41) is 3.29. The van der Waals surface area contributed by atoms with Gasteiger partial charge in [0.2, 0.25) is 5.91 Å². The minimum Gasteiger partial charge on any atom is -0.314 e. The molecule has 1 unspecified atom stereocenters. The lowest BCUT2D eigenvalue weighted by Crippen LogP contribution is -2.51. The molecule has 0 aliphatic carbocycles. The maximum atomic E-state index is 12.9. The zero-order chi connectivity index (χ0) is 13.2. The molecular weight excluding hydrogens is 245 g/mol. The monoisotopic (exact) mass is 263 g/mol. The van der Waals surface area contributed by atoms with E-state index < -0.39 is 0 Å². The Morgan fingerprint density at radius 2 is 1.79 bits per heavy atom. The van der Waals surface area contributed by atoms with E-state index in [2.05, 4.69) is 10.2 Å². The van der Waals surface area contributed by atoms with E-state index in [1.807, 2.05) is 0 Å². The summed E-state index contributed by atoms with van der Waals surface area (Å²) in [6.45, 7) is 4.46. The third-order valence-corrected chi connectivity index (χ3v) is 3.91. The summed E-state index contributed by atoms with van der Waals surface area (Å²) in [4.78, 5) is 16.5. The van der Waals surface area contributed by atoms with Crippen molar-refractivity contribution in [3.8, 4) is 0 Å². The van der Waals surface area contributed by atoms with E-state index in [4.69, 9.17) is 0 Å². The maximum Gasteiger partial charge on any atom is 0.244 e. The highest BCUT2D eigenvalue weighted by molar-refractivity contribution is 5.99. The normalized spacial score (nSPS) is 25.0. The summed E-state index contributed by atoms with van der Waals surface area (Å²) in [6.07, 6.45) is 0.857. The zero-order valence-corrected chi connectivity index (χ0v) is 10.8. The maximum absolute atomic E-state index is 12.9. The highest BCUT2D eigenvalue weighted by Crippen LogP contribution is 2.24. The average molecular weight is 263 g/mol. The number of nitrogens with zero attached hydrogens (tertiary/aromatic N) is 2. The fourth-order valence-electron chi connectivity index (χ4n) is 2.87. The lowest BCUT2D eigenvalue weighted by atomic mass is 10.2. The molecule has 0 aromatic heterocycles. The smallest absolute Gasteiger partial charge is 0.244 e. The minimum absolute atomic E-state index is 0.00727. The Hall–Kier alpha value is -1.46. The molecule has 2 fully saturated rings. The van der Waals surface area contributed by atoms with Crippen molar-refractivity contribution in [3.63, 3.8) is 0 Å². The van der Waals surface area contributed by atoms with Crippen molar-refractivity contribution in [2.75, 3.05) is 37.6 Å². The number of hydrogen-bond acceptors (Lipinski definition) is 3. The van der Waals surface area contributed by atoms with Gasteiger partial charge in [-0.25, -0.2) is 4.39 Å². The molecule has 1 amide bonds. The molecule has 1 aromatic carbocycles. The second-order valence-corrected chi connectivity index (χ2v) is 5.06. The topological polar surface area (TPSA) is 35.6 Å². The fourth-order valence-corrected chi connectivity index (χ4v) is 2.87. The Morgan fingerprint density at radius 3 is 2.47 bits per heavy atom. The van der Waals surface area contributed by atoms with E-state index in [1.54, 1.807) is 17.0 Å². The van der Waals surface area contributed by atoms with Gasteiger partial charge in [-0.05, 0) is 30.7 Å². The highest BCUT2D eigenvalue weighted by atomic mass is 19.1. The lowest BCUT2D eigenvalue weighted by Gasteiger charge is -2.31. The van der Waals surface area contributed by atoms with E-state index in [-0.39, 0.29) is 17.8 Å². The van der Waals surface area contributed by atoms with Gasteiger partial charge in [-0.3, -0.25) is 9.69 Å². The van der Waals surface area contributed by atoms with Gasteiger partial charge in [0.1, 0.15) is 5.82 Å². The molecule has 2 aliphatic rings. The number of anilines is 1. The fraction of sp³-hybridized carbons (Fsp3) is 0.500. The standard InChI is InChI=1S/C14H18FN3O/c15-11-1-3-12(4-2-11)18-8-5-13(14(18)19)17-9-6-16-7-10-17/h1-4,13,16H,5-10H2. The summed E-state index contributed by atoms with van der Waals surface area (Å²) in [7, 11) is 0. The Morgan fingerprint density at radius 1 is 1.11 bits per heavy atom. The van der Waals surface area contributed by atoms with Crippen LogP contribution in [0.5, 0.6) is 0 Å². The van der Waals surface area contributed by atoms with Crippen LogP contribution in [-0.2, 0) is 4.79 Å². The van der Waals surface area contributed by atoms with E-state index in [1.165, 1.54) is 12.1 Å². The Bertz CT molecular complexity index is 456. The Labute approximate surface area is 112 Å². The van der Waals surface area contributed by atoms with Crippen LogP contribution >= 0.6 is 0 Å². The van der Waals surface area contributed by atoms with Gasteiger partial charge >= 0.3 is 0 Å². The highest BCUT2D eigenvalue weighted by Gasteiger charge is 2.36. The molecule has 2 aliphatic heterocycles. The van der Waals surface area contributed by atoms with Gasteiger partial charge in [-0.15, -0.1) is 0 Å². The molecule has 5 heteroatoms. The number of amides is 1. The van der Waals surface area contributed by atoms with Crippen molar-refractivity contribution in [1.29, 1.82) is 0 Å². The van der Waals surface area contributed by atoms with Crippen LogP contribution in [0.4, 0.5) is 10.1 Å². The van der Waals surface area contributed by atoms with E-state index in [0.29, 0.717) is 0 Å². The Kier molecular flexibility index (Phi) is 3.48. The number of nitrogens with one attached hydrogen (secondary N) is 1. The van der Waals surface area contributed by atoms with Gasteiger partial charge in [0.05, 0.1) is 6.04 Å². The number of piperazine rings is 1. The molecule has 2 saturated heterocycles. The number of benzene rings is 1. The number of hydrogen-bond donors (Lipinski definition) is 1. The third kappa shape index (κ3) is 2.48. The van der Waals surface area contributed by atoms with Gasteiger partial charge in [-0.2, -0.15) is 0 Å². The van der Waals surface area contributed by atoms with Gasteiger partial charge in [-0.1, -0.05) is 0 Å². The molecule has 1 N–H and O–H groups in total. The molecular formula is C14H18FN3O. The molecule has 19 heavy (non-hydrogen) atoms. The molecule has 2 heterocycles. The first-order chi connectivity index (χ1) is 9.25. The first-order valence-electron chi connectivity index (χ1n) is 6.77. The first-order valence-corrected chi connectivity index (χ1v) is 6.77. The van der Waals surface area contributed by atoms with Crippen LogP contribution in [0.15, 0.2) is 24.3 Å². The van der Waals surface area contributed by atoms with E-state index in [0.717, 1.165) is 44.8 Å². The quantitative estimate of drug-likeness (QED) is 0.858. The molecule has 0 spiro atoms. The van der Waals surface area contributed by atoms with Crippen molar-refractivity contribution in [1.82, 2.24) is 10.2 Å². The van der Waals surface area contributed by atoms with Crippen molar-refractivity contribution >= 4 is 11.6 Å². The SMILES string of the molecule is O=C1C(N2CCNCC2)CCN1c1ccc(F)cc1. The van der Waals surface area contributed by atoms with Crippen LogP contribution in [0.2, 0.25) is 0 Å². The molecule has 0 radical (unpaired) electrons. The van der Waals surface area contributed by atoms with Crippen molar-refractivity contribution < 1.29 is 9.18 Å². The summed E-state index contributed by atoms with van der Waals surface area (Å²) in [5.74, 6) is -0.123. The number of carbonyl (C=O) groups excluding carboxylic acids is 1. The van der Waals surface area contributed by atoms with Crippen LogP contribution in [0.3, 0.4) is 0 Å². The number of rotatable bonds is 2. The summed E-state index contributed by atoms with van der Waals surface area (Å²) < 4.78 is 12.9. The predicted octanol–water partition coefficient (Wildman–Crippen LogP) is 0.836. The lowest BCUT2D eigenvalue weighted by molar-refractivity contribution is -0.121. The predicted molar refractivity (Wildman–Crippen MR) is 71.6 cm³/mol. The van der Waals surface area contributed by atoms with E-state index >= 15 is 0 Å². The average Bonchev–Trinajstić information content (AvgIpc) is 2.83. The molecule has 3 rings (SSSR count). The van der Waals surface area contributed by atoms with Gasteiger partial charge in [0.15, 0.2) is 0 Å². The number of halogens is 1. The van der Waals surface area contributed by atoms with E-state index in [9.17, 15) is 9.18 Å². The molecule has 0 bridgehead atoms. The van der Waals surface area contributed by atoms with Crippen LogP contribution < -0.4 is 10.2 Å². The summed E-state index contributed by atoms with van der Waals surface area (Å²) in [5.41, 5.74) is 0.795. The number of carbonyl (C=O) groups is 1. The van der Waals surface area contributed by atoms with Crippen LogP contribution in [0.25, 0.3) is 0 Å². The molecule has 0 saturated carbocycles. The molecule has 102 valence electrons. The van der Waals surface area contributed by atoms with Crippen molar-refractivity contribution in [2.45, 2.75) is 12.5 Å². The summed E-state index contributed by atoms with van der Waals surface area (Å²) >= 11 is 0. The molecule has 1 aromatic rings. The largest absolute Gasteiger partial charge is 0.314 e.